The standard InChI is InChI=1S/C14H20N2O2/c1-18-13-8-5-10(9-12(13)15)3-2-4-14(17)16-11-6-7-11/h5,8-9,11H,2-4,6-7,15H2,1H3,(H,16,17). The molecule has 2 rings (SSSR count). The zero-order valence-corrected chi connectivity index (χ0v) is 10.7. The third-order valence-corrected chi connectivity index (χ3v) is 3.11. The van der Waals surface area contributed by atoms with Gasteiger partial charge in [-0.05, 0) is 43.4 Å². The minimum atomic E-state index is 0.166. The van der Waals surface area contributed by atoms with Crippen molar-refractivity contribution in [2.45, 2.75) is 38.1 Å². The minimum Gasteiger partial charge on any atom is -0.495 e. The molecule has 0 aliphatic heterocycles. The molecule has 1 amide bonds. The van der Waals surface area contributed by atoms with E-state index in [1.165, 1.54) is 0 Å². The third-order valence-electron chi connectivity index (χ3n) is 3.11. The molecule has 1 aliphatic carbocycles. The van der Waals surface area contributed by atoms with Gasteiger partial charge in [0.1, 0.15) is 5.75 Å². The summed E-state index contributed by atoms with van der Waals surface area (Å²) >= 11 is 0. The first-order chi connectivity index (χ1) is 8.69. The van der Waals surface area contributed by atoms with Crippen molar-refractivity contribution in [2.24, 2.45) is 0 Å². The zero-order valence-electron chi connectivity index (χ0n) is 10.7. The van der Waals surface area contributed by atoms with Crippen LogP contribution in [0.25, 0.3) is 0 Å². The topological polar surface area (TPSA) is 64.3 Å². The number of hydrogen-bond donors (Lipinski definition) is 2. The SMILES string of the molecule is COc1ccc(CCCC(=O)NC2CC2)cc1N. The molecule has 18 heavy (non-hydrogen) atoms. The molecular weight excluding hydrogens is 228 g/mol. The second kappa shape index (κ2) is 5.76. The smallest absolute Gasteiger partial charge is 0.220 e. The molecule has 3 N–H and O–H groups in total. The quantitative estimate of drug-likeness (QED) is 0.755. The Labute approximate surface area is 108 Å². The molecule has 0 spiro atoms. The predicted molar refractivity (Wildman–Crippen MR) is 71.5 cm³/mol. The van der Waals surface area contributed by atoms with Crippen LogP contribution >= 0.6 is 0 Å². The van der Waals surface area contributed by atoms with Crippen LogP contribution in [0.1, 0.15) is 31.2 Å². The van der Waals surface area contributed by atoms with Gasteiger partial charge in [-0.3, -0.25) is 4.79 Å². The average molecular weight is 248 g/mol. The number of amides is 1. The zero-order chi connectivity index (χ0) is 13.0. The highest BCUT2D eigenvalue weighted by Gasteiger charge is 2.22. The van der Waals surface area contributed by atoms with Gasteiger partial charge in [-0.25, -0.2) is 0 Å². The van der Waals surface area contributed by atoms with Crippen molar-refractivity contribution < 1.29 is 9.53 Å². The molecule has 0 aromatic heterocycles. The van der Waals surface area contributed by atoms with Gasteiger partial charge in [0.25, 0.3) is 0 Å². The number of nitrogens with two attached hydrogens (primary N) is 1. The van der Waals surface area contributed by atoms with E-state index < -0.39 is 0 Å². The lowest BCUT2D eigenvalue weighted by atomic mass is 10.1. The van der Waals surface area contributed by atoms with Gasteiger partial charge < -0.3 is 15.8 Å². The maximum Gasteiger partial charge on any atom is 0.220 e. The predicted octanol–water partition coefficient (Wildman–Crippen LogP) is 1.88. The van der Waals surface area contributed by atoms with E-state index in [0.29, 0.717) is 23.9 Å². The van der Waals surface area contributed by atoms with Crippen LogP contribution < -0.4 is 15.8 Å². The van der Waals surface area contributed by atoms with Crippen LogP contribution in [0.3, 0.4) is 0 Å². The minimum absolute atomic E-state index is 0.166. The molecule has 4 heteroatoms. The van der Waals surface area contributed by atoms with Crippen LogP contribution in [-0.2, 0) is 11.2 Å². The Balaban J connectivity index is 1.75. The number of carbonyl (C=O) groups excluding carboxylic acids is 1. The highest BCUT2D eigenvalue weighted by Crippen LogP contribution is 2.23. The maximum atomic E-state index is 11.5. The normalized spacial score (nSPS) is 14.3. The second-order valence-electron chi connectivity index (χ2n) is 4.77. The van der Waals surface area contributed by atoms with E-state index >= 15 is 0 Å². The fourth-order valence-electron chi connectivity index (χ4n) is 1.92. The summed E-state index contributed by atoms with van der Waals surface area (Å²) in [5, 5.41) is 2.99. The number of methoxy groups -OCH3 is 1. The first kappa shape index (κ1) is 12.7. The van der Waals surface area contributed by atoms with Crippen LogP contribution in [0.2, 0.25) is 0 Å². The summed E-state index contributed by atoms with van der Waals surface area (Å²) in [5.41, 5.74) is 7.63. The summed E-state index contributed by atoms with van der Waals surface area (Å²) in [6.07, 6.45) is 4.58. The van der Waals surface area contributed by atoms with Gasteiger partial charge in [-0.2, -0.15) is 0 Å². The van der Waals surface area contributed by atoms with Crippen LogP contribution in [-0.4, -0.2) is 19.1 Å². The fraction of sp³-hybridized carbons (Fsp3) is 0.500. The van der Waals surface area contributed by atoms with Crippen molar-refractivity contribution in [3.8, 4) is 5.75 Å². The van der Waals surface area contributed by atoms with E-state index in [0.717, 1.165) is 31.2 Å². The summed E-state index contributed by atoms with van der Waals surface area (Å²) in [7, 11) is 1.60. The molecule has 0 radical (unpaired) electrons. The molecule has 1 aliphatic rings. The van der Waals surface area contributed by atoms with Crippen LogP contribution in [0.15, 0.2) is 18.2 Å². The van der Waals surface area contributed by atoms with Gasteiger partial charge in [-0.15, -0.1) is 0 Å². The van der Waals surface area contributed by atoms with Crippen LogP contribution in [0.5, 0.6) is 5.75 Å². The first-order valence-corrected chi connectivity index (χ1v) is 6.41. The van der Waals surface area contributed by atoms with Crippen molar-refractivity contribution in [3.05, 3.63) is 23.8 Å². The van der Waals surface area contributed by atoms with Gasteiger partial charge in [0.05, 0.1) is 12.8 Å². The lowest BCUT2D eigenvalue weighted by molar-refractivity contribution is -0.121. The van der Waals surface area contributed by atoms with Crippen molar-refractivity contribution in [3.63, 3.8) is 0 Å². The summed E-state index contributed by atoms with van der Waals surface area (Å²) in [6.45, 7) is 0. The Hall–Kier alpha value is -1.71. The highest BCUT2D eigenvalue weighted by molar-refractivity contribution is 5.76. The van der Waals surface area contributed by atoms with Crippen molar-refractivity contribution in [1.82, 2.24) is 5.32 Å². The van der Waals surface area contributed by atoms with Crippen molar-refractivity contribution >= 4 is 11.6 Å². The Bertz CT molecular complexity index is 428. The van der Waals surface area contributed by atoms with E-state index in [4.69, 9.17) is 10.5 Å². The van der Waals surface area contributed by atoms with E-state index in [9.17, 15) is 4.79 Å². The molecule has 4 nitrogen and oxygen atoms in total. The van der Waals surface area contributed by atoms with E-state index in [1.807, 2.05) is 18.2 Å². The maximum absolute atomic E-state index is 11.5. The van der Waals surface area contributed by atoms with E-state index in [2.05, 4.69) is 5.32 Å². The fourth-order valence-corrected chi connectivity index (χ4v) is 1.92. The number of benzene rings is 1. The van der Waals surface area contributed by atoms with E-state index in [1.54, 1.807) is 7.11 Å². The van der Waals surface area contributed by atoms with Gasteiger partial charge in [-0.1, -0.05) is 6.07 Å². The number of ether oxygens (including phenoxy) is 1. The molecule has 0 bridgehead atoms. The molecule has 1 saturated carbocycles. The summed E-state index contributed by atoms with van der Waals surface area (Å²) < 4.78 is 5.10. The van der Waals surface area contributed by atoms with Crippen molar-refractivity contribution in [1.29, 1.82) is 0 Å². The Morgan fingerprint density at radius 3 is 2.89 bits per heavy atom. The molecule has 1 aromatic carbocycles. The summed E-state index contributed by atoms with van der Waals surface area (Å²) in [5.74, 6) is 0.865. The lowest BCUT2D eigenvalue weighted by Gasteiger charge is -2.07. The molecule has 98 valence electrons. The second-order valence-corrected chi connectivity index (χ2v) is 4.77. The number of aryl methyl sites for hydroxylation is 1. The number of carbonyl (C=O) groups is 1. The van der Waals surface area contributed by atoms with Gasteiger partial charge in [0.15, 0.2) is 0 Å². The molecule has 0 saturated heterocycles. The average Bonchev–Trinajstić information content (AvgIpc) is 3.13. The van der Waals surface area contributed by atoms with Crippen molar-refractivity contribution in [2.75, 3.05) is 12.8 Å². The van der Waals surface area contributed by atoms with Crippen LogP contribution in [0.4, 0.5) is 5.69 Å². The number of anilines is 1. The van der Waals surface area contributed by atoms with Gasteiger partial charge in [0.2, 0.25) is 5.91 Å². The largest absolute Gasteiger partial charge is 0.495 e. The van der Waals surface area contributed by atoms with Gasteiger partial charge in [0, 0.05) is 12.5 Å². The van der Waals surface area contributed by atoms with Gasteiger partial charge >= 0.3 is 0 Å². The molecule has 0 heterocycles. The molecular formula is C14H20N2O2. The first-order valence-electron chi connectivity index (χ1n) is 6.41. The van der Waals surface area contributed by atoms with E-state index in [-0.39, 0.29) is 5.91 Å². The number of hydrogen-bond acceptors (Lipinski definition) is 3. The summed E-state index contributed by atoms with van der Waals surface area (Å²) in [4.78, 5) is 11.5. The highest BCUT2D eigenvalue weighted by atomic mass is 16.5. The number of rotatable bonds is 6. The Morgan fingerprint density at radius 1 is 1.50 bits per heavy atom. The monoisotopic (exact) mass is 248 g/mol. The number of nitrogens with one attached hydrogen (secondary N) is 1. The Morgan fingerprint density at radius 2 is 2.28 bits per heavy atom. The molecule has 0 unspecified atom stereocenters. The van der Waals surface area contributed by atoms with Crippen LogP contribution in [0, 0.1) is 0 Å². The summed E-state index contributed by atoms with van der Waals surface area (Å²) in [6, 6.07) is 6.23. The molecule has 1 fully saturated rings. The Kier molecular flexibility index (Phi) is 4.07. The third kappa shape index (κ3) is 3.65. The number of nitrogen functional groups attached to an aromatic ring is 1. The molecule has 1 aromatic rings. The lowest BCUT2D eigenvalue weighted by Crippen LogP contribution is -2.24. The molecule has 0 atom stereocenters.